The summed E-state index contributed by atoms with van der Waals surface area (Å²) in [7, 11) is 1.97. The summed E-state index contributed by atoms with van der Waals surface area (Å²) in [6, 6.07) is 5.01. The van der Waals surface area contributed by atoms with Crippen molar-refractivity contribution in [2.45, 2.75) is 32.7 Å². The van der Waals surface area contributed by atoms with Crippen molar-refractivity contribution < 1.29 is 4.39 Å². The summed E-state index contributed by atoms with van der Waals surface area (Å²) < 4.78 is 15.4. The molecule has 0 aliphatic carbocycles. The first-order valence-corrected chi connectivity index (χ1v) is 6.84. The molecule has 1 unspecified atom stereocenters. The van der Waals surface area contributed by atoms with Gasteiger partial charge in [0.15, 0.2) is 0 Å². The lowest BCUT2D eigenvalue weighted by molar-refractivity contribution is 0.172. The van der Waals surface area contributed by atoms with Crippen LogP contribution in [0.5, 0.6) is 0 Å². The van der Waals surface area contributed by atoms with E-state index in [1.54, 1.807) is 12.1 Å². The smallest absolute Gasteiger partial charge is 0.127 e. The molecule has 1 aliphatic heterocycles. The van der Waals surface area contributed by atoms with Crippen LogP contribution in [0.1, 0.15) is 38.6 Å². The summed E-state index contributed by atoms with van der Waals surface area (Å²) in [5, 5.41) is 3.56. The minimum absolute atomic E-state index is 0.173. The maximum absolute atomic E-state index is 13.4. The fraction of sp³-hybridized carbons (Fsp3) is 0.533. The molecular weight excluding hydrogens is 241 g/mol. The van der Waals surface area contributed by atoms with Crippen LogP contribution in [-0.4, -0.2) is 16.1 Å². The lowest BCUT2D eigenvalue weighted by Gasteiger charge is -2.38. The summed E-state index contributed by atoms with van der Waals surface area (Å²) in [5.41, 5.74) is 1.90. The highest BCUT2D eigenvalue weighted by atomic mass is 19.1. The van der Waals surface area contributed by atoms with Crippen molar-refractivity contribution in [3.8, 4) is 0 Å². The van der Waals surface area contributed by atoms with Gasteiger partial charge in [0.05, 0.1) is 17.1 Å². The first kappa shape index (κ1) is 12.6. The molecule has 102 valence electrons. The van der Waals surface area contributed by atoms with Crippen LogP contribution < -0.4 is 5.32 Å². The zero-order valence-corrected chi connectivity index (χ0v) is 11.7. The molecule has 0 radical (unpaired) electrons. The number of hydrogen-bond donors (Lipinski definition) is 1. The third-order valence-corrected chi connectivity index (χ3v) is 4.26. The van der Waals surface area contributed by atoms with Crippen LogP contribution >= 0.6 is 0 Å². The molecule has 2 aromatic rings. The van der Waals surface area contributed by atoms with Crippen molar-refractivity contribution >= 4 is 11.0 Å². The summed E-state index contributed by atoms with van der Waals surface area (Å²) in [6.07, 6.45) is 2.38. The van der Waals surface area contributed by atoms with Gasteiger partial charge in [0.1, 0.15) is 11.6 Å². The van der Waals surface area contributed by atoms with Gasteiger partial charge in [-0.05, 0) is 43.0 Å². The molecule has 1 N–H and O–H groups in total. The SMILES string of the molecule is Cn1c(C2NCCCC2(C)C)nc2ccc(F)cc21. The van der Waals surface area contributed by atoms with Crippen LogP contribution in [0.3, 0.4) is 0 Å². The lowest BCUT2D eigenvalue weighted by Crippen LogP contribution is -2.41. The van der Waals surface area contributed by atoms with E-state index in [-0.39, 0.29) is 17.3 Å². The number of nitrogens with one attached hydrogen (secondary N) is 1. The number of imidazole rings is 1. The molecule has 0 spiro atoms. The van der Waals surface area contributed by atoms with E-state index in [0.29, 0.717) is 0 Å². The van der Waals surface area contributed by atoms with Crippen LogP contribution in [0, 0.1) is 11.2 Å². The van der Waals surface area contributed by atoms with Gasteiger partial charge < -0.3 is 9.88 Å². The third-order valence-electron chi connectivity index (χ3n) is 4.26. The van der Waals surface area contributed by atoms with Gasteiger partial charge in [0, 0.05) is 7.05 Å². The summed E-state index contributed by atoms with van der Waals surface area (Å²) >= 11 is 0. The largest absolute Gasteiger partial charge is 0.330 e. The summed E-state index contributed by atoms with van der Waals surface area (Å²) in [5.74, 6) is 0.795. The summed E-state index contributed by atoms with van der Waals surface area (Å²) in [6.45, 7) is 5.55. The zero-order chi connectivity index (χ0) is 13.6. The van der Waals surface area contributed by atoms with E-state index in [2.05, 4.69) is 19.2 Å². The first-order chi connectivity index (χ1) is 8.99. The number of aryl methyl sites for hydroxylation is 1. The molecule has 1 aliphatic rings. The van der Waals surface area contributed by atoms with Gasteiger partial charge in [-0.1, -0.05) is 13.8 Å². The molecule has 19 heavy (non-hydrogen) atoms. The fourth-order valence-electron chi connectivity index (χ4n) is 3.09. The molecule has 1 fully saturated rings. The number of nitrogens with zero attached hydrogens (tertiary/aromatic N) is 2. The fourth-order valence-corrected chi connectivity index (χ4v) is 3.09. The van der Waals surface area contributed by atoms with Crippen LogP contribution in [0.2, 0.25) is 0 Å². The highest BCUT2D eigenvalue weighted by Crippen LogP contribution is 2.40. The maximum atomic E-state index is 13.4. The predicted octanol–water partition coefficient (Wildman–Crippen LogP) is 3.16. The average Bonchev–Trinajstić information content (AvgIpc) is 2.66. The van der Waals surface area contributed by atoms with Crippen LogP contribution in [0.25, 0.3) is 11.0 Å². The van der Waals surface area contributed by atoms with E-state index in [9.17, 15) is 4.39 Å². The molecule has 1 saturated heterocycles. The van der Waals surface area contributed by atoms with Gasteiger partial charge in [-0.2, -0.15) is 0 Å². The van der Waals surface area contributed by atoms with Gasteiger partial charge in [-0.15, -0.1) is 0 Å². The van der Waals surface area contributed by atoms with E-state index in [1.807, 2.05) is 11.6 Å². The van der Waals surface area contributed by atoms with E-state index in [1.165, 1.54) is 18.9 Å². The highest BCUT2D eigenvalue weighted by Gasteiger charge is 2.36. The molecular formula is C15H20FN3. The van der Waals surface area contributed by atoms with E-state index in [4.69, 9.17) is 4.98 Å². The van der Waals surface area contributed by atoms with Crippen molar-refractivity contribution in [3.63, 3.8) is 0 Å². The Balaban J connectivity index is 2.12. The molecule has 0 saturated carbocycles. The quantitative estimate of drug-likeness (QED) is 0.854. The van der Waals surface area contributed by atoms with E-state index < -0.39 is 0 Å². The molecule has 3 rings (SSSR count). The van der Waals surface area contributed by atoms with Gasteiger partial charge in [-0.25, -0.2) is 9.37 Å². The lowest BCUT2D eigenvalue weighted by atomic mass is 9.77. The molecule has 1 atom stereocenters. The number of benzene rings is 1. The van der Waals surface area contributed by atoms with Gasteiger partial charge >= 0.3 is 0 Å². The van der Waals surface area contributed by atoms with Crippen molar-refractivity contribution in [1.29, 1.82) is 0 Å². The Bertz CT molecular complexity index is 615. The Kier molecular flexibility index (Phi) is 2.86. The summed E-state index contributed by atoms with van der Waals surface area (Å²) in [4.78, 5) is 4.71. The van der Waals surface area contributed by atoms with E-state index >= 15 is 0 Å². The van der Waals surface area contributed by atoms with Crippen LogP contribution in [-0.2, 0) is 7.05 Å². The molecule has 4 heteroatoms. The second kappa shape index (κ2) is 4.30. The number of piperidine rings is 1. The monoisotopic (exact) mass is 261 g/mol. The molecule has 1 aromatic heterocycles. The van der Waals surface area contributed by atoms with Crippen molar-refractivity contribution in [1.82, 2.24) is 14.9 Å². The standard InChI is InChI=1S/C15H20FN3/c1-15(2)7-4-8-17-13(15)14-18-11-6-5-10(16)9-12(11)19(14)3/h5-6,9,13,17H,4,7-8H2,1-3H3. The molecule has 0 bridgehead atoms. The highest BCUT2D eigenvalue weighted by molar-refractivity contribution is 5.76. The second-order valence-electron chi connectivity index (χ2n) is 6.14. The molecule has 3 nitrogen and oxygen atoms in total. The Morgan fingerprint density at radius 2 is 2.21 bits per heavy atom. The minimum Gasteiger partial charge on any atom is -0.330 e. The Hall–Kier alpha value is -1.42. The number of rotatable bonds is 1. The Labute approximate surface area is 112 Å². The minimum atomic E-state index is -0.210. The Morgan fingerprint density at radius 3 is 2.95 bits per heavy atom. The van der Waals surface area contributed by atoms with Gasteiger partial charge in [0.2, 0.25) is 0 Å². The zero-order valence-electron chi connectivity index (χ0n) is 11.7. The van der Waals surface area contributed by atoms with Gasteiger partial charge in [-0.3, -0.25) is 0 Å². The Morgan fingerprint density at radius 1 is 1.42 bits per heavy atom. The second-order valence-corrected chi connectivity index (χ2v) is 6.14. The van der Waals surface area contributed by atoms with Gasteiger partial charge in [0.25, 0.3) is 0 Å². The van der Waals surface area contributed by atoms with Crippen molar-refractivity contribution in [2.24, 2.45) is 12.5 Å². The number of aromatic nitrogens is 2. The topological polar surface area (TPSA) is 29.9 Å². The van der Waals surface area contributed by atoms with E-state index in [0.717, 1.165) is 23.4 Å². The number of hydrogen-bond acceptors (Lipinski definition) is 2. The van der Waals surface area contributed by atoms with Crippen molar-refractivity contribution in [2.75, 3.05) is 6.54 Å². The third kappa shape index (κ3) is 2.04. The molecule has 0 amide bonds. The normalized spacial score (nSPS) is 22.8. The number of halogens is 1. The van der Waals surface area contributed by atoms with Crippen molar-refractivity contribution in [3.05, 3.63) is 29.8 Å². The molecule has 1 aromatic carbocycles. The first-order valence-electron chi connectivity index (χ1n) is 6.84. The molecule has 2 heterocycles. The number of fused-ring (bicyclic) bond motifs is 1. The van der Waals surface area contributed by atoms with Crippen LogP contribution in [0.15, 0.2) is 18.2 Å². The predicted molar refractivity (Wildman–Crippen MR) is 74.4 cm³/mol. The maximum Gasteiger partial charge on any atom is 0.127 e. The average molecular weight is 261 g/mol. The van der Waals surface area contributed by atoms with Crippen LogP contribution in [0.4, 0.5) is 4.39 Å².